The zero-order valence-electron chi connectivity index (χ0n) is 19.3. The number of hydrogen-bond donors (Lipinski definition) is 0. The van der Waals surface area contributed by atoms with Gasteiger partial charge in [-0.3, -0.25) is 4.79 Å². The van der Waals surface area contributed by atoms with E-state index in [0.717, 1.165) is 42.4 Å². The van der Waals surface area contributed by atoms with E-state index in [0.29, 0.717) is 30.2 Å². The third kappa shape index (κ3) is 4.35. The van der Waals surface area contributed by atoms with Crippen LogP contribution >= 0.6 is 0 Å². The Hall–Kier alpha value is -3.61. The molecule has 1 fully saturated rings. The lowest BCUT2D eigenvalue weighted by atomic mass is 10.0. The summed E-state index contributed by atoms with van der Waals surface area (Å²) < 4.78 is 10.8. The first-order chi connectivity index (χ1) is 16.0. The molecule has 170 valence electrons. The second-order valence-corrected chi connectivity index (χ2v) is 8.67. The number of carbonyl (C=O) groups is 1. The number of carbonyl (C=O) groups excluding carboxylic acids is 1. The van der Waals surface area contributed by atoms with E-state index in [1.165, 1.54) is 11.1 Å². The molecule has 2 aliphatic heterocycles. The van der Waals surface area contributed by atoms with Crippen LogP contribution in [0.25, 0.3) is 0 Å². The summed E-state index contributed by atoms with van der Waals surface area (Å²) in [4.78, 5) is 26.7. The smallest absolute Gasteiger partial charge is 0.254 e. The molecule has 0 unspecified atom stereocenters. The third-order valence-electron chi connectivity index (χ3n) is 6.29. The molecule has 0 saturated carbocycles. The lowest BCUT2D eigenvalue weighted by Gasteiger charge is -2.36. The molecule has 0 N–H and O–H groups in total. The van der Waals surface area contributed by atoms with Crippen LogP contribution in [0.3, 0.4) is 0 Å². The first kappa shape index (κ1) is 21.2. The maximum atomic E-state index is 13.1. The van der Waals surface area contributed by atoms with Crippen molar-refractivity contribution >= 4 is 11.7 Å². The van der Waals surface area contributed by atoms with Gasteiger partial charge in [-0.1, -0.05) is 29.8 Å². The van der Waals surface area contributed by atoms with Gasteiger partial charge in [0, 0.05) is 49.4 Å². The number of amides is 1. The molecule has 0 bridgehead atoms. The first-order valence-corrected chi connectivity index (χ1v) is 11.3. The van der Waals surface area contributed by atoms with Gasteiger partial charge in [-0.15, -0.1) is 0 Å². The Balaban J connectivity index is 1.32. The maximum Gasteiger partial charge on any atom is 0.254 e. The van der Waals surface area contributed by atoms with Crippen LogP contribution in [0.5, 0.6) is 11.5 Å². The van der Waals surface area contributed by atoms with E-state index in [9.17, 15) is 4.79 Å². The van der Waals surface area contributed by atoms with Gasteiger partial charge in [0.1, 0.15) is 11.6 Å². The van der Waals surface area contributed by atoms with Crippen molar-refractivity contribution in [3.8, 4) is 11.5 Å². The molecule has 7 heteroatoms. The summed E-state index contributed by atoms with van der Waals surface area (Å²) in [5.41, 5.74) is 5.28. The van der Waals surface area contributed by atoms with Crippen molar-refractivity contribution in [3.05, 3.63) is 76.2 Å². The molecule has 0 aliphatic carbocycles. The minimum absolute atomic E-state index is 0.0166. The van der Waals surface area contributed by atoms with Gasteiger partial charge in [0.15, 0.2) is 11.5 Å². The minimum Gasteiger partial charge on any atom is -0.454 e. The van der Waals surface area contributed by atoms with Gasteiger partial charge in [-0.25, -0.2) is 9.97 Å². The van der Waals surface area contributed by atoms with Crippen molar-refractivity contribution in [2.24, 2.45) is 0 Å². The molecule has 7 nitrogen and oxygen atoms in total. The average molecular weight is 445 g/mol. The highest BCUT2D eigenvalue weighted by Crippen LogP contribution is 2.33. The number of benzene rings is 2. The Labute approximate surface area is 194 Å². The summed E-state index contributed by atoms with van der Waals surface area (Å²) in [6, 6.07) is 14.0. The van der Waals surface area contributed by atoms with Gasteiger partial charge in [-0.05, 0) is 44.5 Å². The Morgan fingerprint density at radius 3 is 2.39 bits per heavy atom. The van der Waals surface area contributed by atoms with Crippen LogP contribution in [0.15, 0.2) is 42.5 Å². The van der Waals surface area contributed by atoms with Crippen LogP contribution in [0.1, 0.15) is 38.6 Å². The highest BCUT2D eigenvalue weighted by atomic mass is 16.7. The standard InChI is InChI=1S/C26H28N4O3/c1-17-4-6-20(7-5-17)14-22-18(2)27-19(3)28-25(22)29-10-12-30(13-11-29)26(31)21-8-9-23-24(15-21)33-16-32-23/h4-9,15H,10-14,16H2,1-3H3. The molecule has 0 radical (unpaired) electrons. The van der Waals surface area contributed by atoms with Crippen LogP contribution in [0.2, 0.25) is 0 Å². The fraction of sp³-hybridized carbons (Fsp3) is 0.346. The summed E-state index contributed by atoms with van der Waals surface area (Å²) in [6.45, 7) is 9.03. The van der Waals surface area contributed by atoms with Gasteiger partial charge in [0.25, 0.3) is 5.91 Å². The largest absolute Gasteiger partial charge is 0.454 e. The molecule has 1 aromatic heterocycles. The van der Waals surface area contributed by atoms with Gasteiger partial charge in [0.05, 0.1) is 0 Å². The number of piperazine rings is 1. The average Bonchev–Trinajstić information content (AvgIpc) is 3.29. The number of fused-ring (bicyclic) bond motifs is 1. The van der Waals surface area contributed by atoms with Gasteiger partial charge in [-0.2, -0.15) is 0 Å². The van der Waals surface area contributed by atoms with Crippen molar-refractivity contribution in [1.82, 2.24) is 14.9 Å². The highest BCUT2D eigenvalue weighted by molar-refractivity contribution is 5.95. The molecule has 3 aromatic rings. The number of ether oxygens (including phenoxy) is 2. The van der Waals surface area contributed by atoms with Crippen LogP contribution in [0, 0.1) is 20.8 Å². The molecule has 2 aromatic carbocycles. The summed E-state index contributed by atoms with van der Waals surface area (Å²) >= 11 is 0. The molecule has 5 rings (SSSR count). The molecule has 1 amide bonds. The Bertz CT molecular complexity index is 1180. The van der Waals surface area contributed by atoms with Crippen molar-refractivity contribution in [1.29, 1.82) is 0 Å². The van der Waals surface area contributed by atoms with Crippen molar-refractivity contribution in [2.75, 3.05) is 37.9 Å². The molecule has 2 aliphatic rings. The maximum absolute atomic E-state index is 13.1. The van der Waals surface area contributed by atoms with Crippen molar-refractivity contribution in [2.45, 2.75) is 27.2 Å². The molecular weight excluding hydrogens is 416 g/mol. The number of aromatic nitrogens is 2. The predicted octanol–water partition coefficient (Wildman–Crippen LogP) is 3.68. The summed E-state index contributed by atoms with van der Waals surface area (Å²) in [7, 11) is 0. The van der Waals surface area contributed by atoms with Crippen molar-refractivity contribution in [3.63, 3.8) is 0 Å². The topological polar surface area (TPSA) is 67.8 Å². The normalized spacial score (nSPS) is 15.1. The first-order valence-electron chi connectivity index (χ1n) is 11.3. The summed E-state index contributed by atoms with van der Waals surface area (Å²) in [5.74, 6) is 3.09. The predicted molar refractivity (Wildman–Crippen MR) is 126 cm³/mol. The number of aryl methyl sites for hydroxylation is 3. The van der Waals surface area contributed by atoms with Crippen LogP contribution in [-0.4, -0.2) is 53.7 Å². The van der Waals surface area contributed by atoms with Crippen LogP contribution in [0.4, 0.5) is 5.82 Å². The van der Waals surface area contributed by atoms with Crippen molar-refractivity contribution < 1.29 is 14.3 Å². The summed E-state index contributed by atoms with van der Waals surface area (Å²) in [6.07, 6.45) is 0.790. The van der Waals surface area contributed by atoms with Crippen LogP contribution in [-0.2, 0) is 6.42 Å². The molecule has 33 heavy (non-hydrogen) atoms. The van der Waals surface area contributed by atoms with Gasteiger partial charge < -0.3 is 19.3 Å². The monoisotopic (exact) mass is 444 g/mol. The fourth-order valence-electron chi connectivity index (χ4n) is 4.43. The van der Waals surface area contributed by atoms with E-state index in [4.69, 9.17) is 14.5 Å². The third-order valence-corrected chi connectivity index (χ3v) is 6.29. The van der Waals surface area contributed by atoms with E-state index >= 15 is 0 Å². The number of anilines is 1. The van der Waals surface area contributed by atoms with E-state index in [1.807, 2.05) is 11.8 Å². The molecular formula is C26H28N4O3. The molecule has 3 heterocycles. The van der Waals surface area contributed by atoms with Crippen LogP contribution < -0.4 is 14.4 Å². The Morgan fingerprint density at radius 1 is 0.909 bits per heavy atom. The van der Waals surface area contributed by atoms with E-state index < -0.39 is 0 Å². The lowest BCUT2D eigenvalue weighted by molar-refractivity contribution is 0.0746. The Kier molecular flexibility index (Phi) is 5.62. The zero-order chi connectivity index (χ0) is 22.9. The second kappa shape index (κ2) is 8.73. The quantitative estimate of drug-likeness (QED) is 0.612. The SMILES string of the molecule is Cc1ccc(Cc2c(C)nc(C)nc2N2CCN(C(=O)c3ccc4c(c3)OCO4)CC2)cc1. The number of hydrogen-bond acceptors (Lipinski definition) is 6. The summed E-state index contributed by atoms with van der Waals surface area (Å²) in [5, 5.41) is 0. The minimum atomic E-state index is 0.0166. The van der Waals surface area contributed by atoms with E-state index in [-0.39, 0.29) is 12.7 Å². The highest BCUT2D eigenvalue weighted by Gasteiger charge is 2.26. The van der Waals surface area contributed by atoms with Gasteiger partial charge in [0.2, 0.25) is 6.79 Å². The molecule has 0 atom stereocenters. The molecule has 0 spiro atoms. The number of rotatable bonds is 4. The fourth-order valence-corrected chi connectivity index (χ4v) is 4.43. The second-order valence-electron chi connectivity index (χ2n) is 8.67. The zero-order valence-corrected chi connectivity index (χ0v) is 19.3. The number of nitrogens with zero attached hydrogens (tertiary/aromatic N) is 4. The molecule has 1 saturated heterocycles. The van der Waals surface area contributed by atoms with E-state index in [2.05, 4.69) is 48.0 Å². The lowest BCUT2D eigenvalue weighted by Crippen LogP contribution is -2.49. The Morgan fingerprint density at radius 2 is 1.64 bits per heavy atom. The van der Waals surface area contributed by atoms with E-state index in [1.54, 1.807) is 18.2 Å². The van der Waals surface area contributed by atoms with Gasteiger partial charge >= 0.3 is 0 Å².